The molecule has 0 fully saturated rings. The Kier molecular flexibility index (Phi) is 3.48. The largest absolute Gasteiger partial charge is 0.404 e. The molecule has 0 spiro atoms. The molecule has 0 bridgehead atoms. The Hall–Kier alpha value is -2.37. The number of rotatable bonds is 2. The summed E-state index contributed by atoms with van der Waals surface area (Å²) in [7, 11) is 0. The normalized spacial score (nSPS) is 13.5. The first-order chi connectivity index (χ1) is 9.31. The third-order valence-electron chi connectivity index (χ3n) is 2.77. The van der Waals surface area contributed by atoms with Crippen molar-refractivity contribution in [1.29, 1.82) is 0 Å². The molecule has 0 aromatic carbocycles. The van der Waals surface area contributed by atoms with Gasteiger partial charge >= 0.3 is 0 Å². The van der Waals surface area contributed by atoms with Crippen molar-refractivity contribution in [2.45, 2.75) is 33.2 Å². The molecule has 2 rings (SSSR count). The van der Waals surface area contributed by atoms with E-state index in [2.05, 4.69) is 15.1 Å². The Bertz CT molecular complexity index is 743. The van der Waals surface area contributed by atoms with Gasteiger partial charge in [0.2, 0.25) is 0 Å². The Balaban J connectivity index is 2.52. The number of hydrogen-bond acceptors (Lipinski definition) is 4. The van der Waals surface area contributed by atoms with Gasteiger partial charge in [-0.15, -0.1) is 0 Å². The molecule has 0 atom stereocenters. The molecule has 0 saturated heterocycles. The molecule has 3 N–H and O–H groups in total. The first-order valence-corrected chi connectivity index (χ1v) is 6.36. The maximum atomic E-state index is 12.1. The van der Waals surface area contributed by atoms with E-state index in [1.165, 1.54) is 6.20 Å². The molecule has 6 nitrogen and oxygen atoms in total. The van der Waals surface area contributed by atoms with Crippen molar-refractivity contribution < 1.29 is 0 Å². The standard InChI is InChI=1S/C14H19N5O/c1-9-6-17-19-8-11(18-13(20)12(9)19)10(5-15)7-16-14(2,3)4/h5-8H,15H2,1-4H3,(H,18,20). The first kappa shape index (κ1) is 14.0. The molecular weight excluding hydrogens is 254 g/mol. The fourth-order valence-corrected chi connectivity index (χ4v) is 1.78. The van der Waals surface area contributed by atoms with Crippen molar-refractivity contribution in [3.8, 4) is 0 Å². The lowest BCUT2D eigenvalue weighted by Gasteiger charge is -2.11. The Labute approximate surface area is 117 Å². The highest BCUT2D eigenvalue weighted by Gasteiger charge is 2.10. The molecule has 2 aromatic rings. The molecule has 0 unspecified atom stereocenters. The van der Waals surface area contributed by atoms with E-state index in [-0.39, 0.29) is 11.1 Å². The summed E-state index contributed by atoms with van der Waals surface area (Å²) in [5.41, 5.74) is 7.83. The highest BCUT2D eigenvalue weighted by molar-refractivity contribution is 6.08. The van der Waals surface area contributed by atoms with E-state index < -0.39 is 0 Å². The molecule has 6 heteroatoms. The van der Waals surface area contributed by atoms with Crippen LogP contribution in [-0.2, 0) is 0 Å². The van der Waals surface area contributed by atoms with Crippen molar-refractivity contribution >= 4 is 17.3 Å². The molecule has 106 valence electrons. The number of hydrogen-bond donors (Lipinski definition) is 2. The number of nitrogens with two attached hydrogens (primary N) is 1. The summed E-state index contributed by atoms with van der Waals surface area (Å²) in [6, 6.07) is 0. The first-order valence-electron chi connectivity index (χ1n) is 6.36. The quantitative estimate of drug-likeness (QED) is 0.813. The van der Waals surface area contributed by atoms with Gasteiger partial charge in [0.05, 0.1) is 23.6 Å². The lowest BCUT2D eigenvalue weighted by molar-refractivity contribution is 0.587. The molecule has 2 aromatic heterocycles. The van der Waals surface area contributed by atoms with Gasteiger partial charge in [0.25, 0.3) is 5.56 Å². The predicted octanol–water partition coefficient (Wildman–Crippen LogP) is 1.50. The van der Waals surface area contributed by atoms with Crippen molar-refractivity contribution in [3.63, 3.8) is 0 Å². The minimum absolute atomic E-state index is 0.194. The molecule has 0 aliphatic heterocycles. The number of allylic oxidation sites excluding steroid dienone is 1. The number of fused-ring (bicyclic) bond motifs is 1. The summed E-state index contributed by atoms with van der Waals surface area (Å²) in [5, 5.41) is 4.15. The Morgan fingerprint density at radius 1 is 1.50 bits per heavy atom. The van der Waals surface area contributed by atoms with Crippen molar-refractivity contribution in [1.82, 2.24) is 14.6 Å². The van der Waals surface area contributed by atoms with Gasteiger partial charge in [-0.05, 0) is 27.7 Å². The lowest BCUT2D eigenvalue weighted by Crippen LogP contribution is -2.15. The van der Waals surface area contributed by atoms with Crippen LogP contribution in [0.4, 0.5) is 0 Å². The van der Waals surface area contributed by atoms with Crippen molar-refractivity contribution in [2.24, 2.45) is 10.7 Å². The van der Waals surface area contributed by atoms with Crippen LogP contribution < -0.4 is 11.3 Å². The average Bonchev–Trinajstić information content (AvgIpc) is 2.71. The molecule has 0 radical (unpaired) electrons. The van der Waals surface area contributed by atoms with Gasteiger partial charge in [-0.25, -0.2) is 4.52 Å². The molecule has 0 saturated carbocycles. The van der Waals surface area contributed by atoms with Crippen LogP contribution >= 0.6 is 0 Å². The summed E-state index contributed by atoms with van der Waals surface area (Å²) < 4.78 is 1.55. The monoisotopic (exact) mass is 273 g/mol. The molecule has 2 heterocycles. The fraction of sp³-hybridized carbons (Fsp3) is 0.357. The van der Waals surface area contributed by atoms with Crippen molar-refractivity contribution in [2.75, 3.05) is 0 Å². The summed E-state index contributed by atoms with van der Waals surface area (Å²) in [6.45, 7) is 7.80. The summed E-state index contributed by atoms with van der Waals surface area (Å²) >= 11 is 0. The van der Waals surface area contributed by atoms with E-state index >= 15 is 0 Å². The number of aliphatic imine (C=N–C) groups is 1. The van der Waals surface area contributed by atoms with Gasteiger partial charge in [0.15, 0.2) is 0 Å². The maximum Gasteiger partial charge on any atom is 0.274 e. The number of nitrogens with one attached hydrogen (secondary N) is 1. The van der Waals surface area contributed by atoms with E-state index in [9.17, 15) is 4.79 Å². The third kappa shape index (κ3) is 2.79. The van der Waals surface area contributed by atoms with Crippen LogP contribution in [0.25, 0.3) is 11.1 Å². The number of aromatic amines is 1. The van der Waals surface area contributed by atoms with Gasteiger partial charge in [0.1, 0.15) is 5.52 Å². The highest BCUT2D eigenvalue weighted by Crippen LogP contribution is 2.12. The van der Waals surface area contributed by atoms with E-state index in [1.807, 2.05) is 27.7 Å². The third-order valence-corrected chi connectivity index (χ3v) is 2.77. The number of nitrogens with zero attached hydrogens (tertiary/aromatic N) is 3. The molecule has 20 heavy (non-hydrogen) atoms. The zero-order valence-electron chi connectivity index (χ0n) is 12.1. The van der Waals surface area contributed by atoms with Crippen LogP contribution in [0.15, 0.2) is 28.4 Å². The Morgan fingerprint density at radius 2 is 2.20 bits per heavy atom. The van der Waals surface area contributed by atoms with Crippen molar-refractivity contribution in [3.05, 3.63) is 40.2 Å². The van der Waals surface area contributed by atoms with E-state index in [0.717, 1.165) is 5.56 Å². The second-order valence-corrected chi connectivity index (χ2v) is 5.67. The Morgan fingerprint density at radius 3 is 2.80 bits per heavy atom. The summed E-state index contributed by atoms with van der Waals surface area (Å²) in [6.07, 6.45) is 6.47. The number of aromatic nitrogens is 3. The highest BCUT2D eigenvalue weighted by atomic mass is 16.1. The molecule has 0 aliphatic carbocycles. The van der Waals surface area contributed by atoms with Gasteiger partial charge in [-0.1, -0.05) is 0 Å². The second kappa shape index (κ2) is 4.96. The zero-order valence-corrected chi connectivity index (χ0v) is 12.1. The van der Waals surface area contributed by atoms with Gasteiger partial charge in [-0.2, -0.15) is 5.10 Å². The SMILES string of the molecule is Cc1cnn2cc(C(C=NC(C)(C)C)=CN)[nH]c(=O)c12. The topological polar surface area (TPSA) is 88.5 Å². The summed E-state index contributed by atoms with van der Waals surface area (Å²) in [4.78, 5) is 19.3. The van der Waals surface area contributed by atoms with Gasteiger partial charge < -0.3 is 10.7 Å². The minimum atomic E-state index is -0.207. The maximum absolute atomic E-state index is 12.1. The van der Waals surface area contributed by atoms with E-state index in [4.69, 9.17) is 5.73 Å². The summed E-state index contributed by atoms with van der Waals surface area (Å²) in [5.74, 6) is 0. The average molecular weight is 273 g/mol. The lowest BCUT2D eigenvalue weighted by atomic mass is 10.1. The smallest absolute Gasteiger partial charge is 0.274 e. The number of aryl methyl sites for hydroxylation is 1. The molecular formula is C14H19N5O. The van der Waals surface area contributed by atoms with Crippen LogP contribution in [0.2, 0.25) is 0 Å². The van der Waals surface area contributed by atoms with E-state index in [0.29, 0.717) is 16.8 Å². The van der Waals surface area contributed by atoms with Crippen LogP contribution in [0.3, 0.4) is 0 Å². The van der Waals surface area contributed by atoms with Crippen LogP contribution in [0.1, 0.15) is 32.0 Å². The van der Waals surface area contributed by atoms with Crippen LogP contribution in [-0.4, -0.2) is 26.4 Å². The number of H-pyrrole nitrogens is 1. The minimum Gasteiger partial charge on any atom is -0.404 e. The molecule has 0 amide bonds. The van der Waals surface area contributed by atoms with Gasteiger partial charge in [0, 0.05) is 23.6 Å². The van der Waals surface area contributed by atoms with Crippen LogP contribution in [0, 0.1) is 6.92 Å². The predicted molar refractivity (Wildman–Crippen MR) is 81.0 cm³/mol. The molecule has 0 aliphatic rings. The van der Waals surface area contributed by atoms with E-state index in [1.54, 1.807) is 23.1 Å². The van der Waals surface area contributed by atoms with Gasteiger partial charge in [-0.3, -0.25) is 9.79 Å². The zero-order chi connectivity index (χ0) is 14.9. The second-order valence-electron chi connectivity index (χ2n) is 5.67. The van der Waals surface area contributed by atoms with Crippen LogP contribution in [0.5, 0.6) is 0 Å². The fourth-order valence-electron chi connectivity index (χ4n) is 1.78.